The van der Waals surface area contributed by atoms with Crippen molar-refractivity contribution in [2.45, 2.75) is 122 Å². The Kier molecular flexibility index (Phi) is 8.75. The van der Waals surface area contributed by atoms with Gasteiger partial charge in [0, 0.05) is 0 Å². The standard InChI is InChI=1S/C27H44/c1-3-5-7-9-10-22-12-15-24(16-13-22)26-19-18-25-20-23(11-8-6-4-2)14-17-27(25)21-26/h18-19,21-24H,3-17,20H2,1-2H3. The number of hydrogen-bond donors (Lipinski definition) is 0. The summed E-state index contributed by atoms with van der Waals surface area (Å²) in [6.45, 7) is 4.63. The molecule has 0 nitrogen and oxygen atoms in total. The molecule has 0 aliphatic heterocycles. The predicted octanol–water partition coefficient (Wildman–Crippen LogP) is 8.62. The van der Waals surface area contributed by atoms with Crippen LogP contribution in [0.5, 0.6) is 0 Å². The maximum Gasteiger partial charge on any atom is -0.0162 e. The van der Waals surface area contributed by atoms with E-state index in [4.69, 9.17) is 0 Å². The number of hydrogen-bond acceptors (Lipinski definition) is 0. The second-order valence-electron chi connectivity index (χ2n) is 9.70. The van der Waals surface area contributed by atoms with E-state index in [1.54, 1.807) is 16.7 Å². The minimum atomic E-state index is 0.851. The van der Waals surface area contributed by atoms with Crippen molar-refractivity contribution in [1.82, 2.24) is 0 Å². The van der Waals surface area contributed by atoms with E-state index in [1.807, 2.05) is 0 Å². The number of unbranched alkanes of at least 4 members (excludes halogenated alkanes) is 5. The van der Waals surface area contributed by atoms with Gasteiger partial charge in [0.1, 0.15) is 0 Å². The minimum Gasteiger partial charge on any atom is -0.0654 e. The van der Waals surface area contributed by atoms with E-state index in [0.717, 1.165) is 17.8 Å². The summed E-state index contributed by atoms with van der Waals surface area (Å²) in [5.74, 6) is 2.84. The Bertz CT molecular complexity index is 535. The first-order chi connectivity index (χ1) is 13.3. The van der Waals surface area contributed by atoms with E-state index < -0.39 is 0 Å². The van der Waals surface area contributed by atoms with Gasteiger partial charge in [-0.15, -0.1) is 0 Å². The third-order valence-corrected chi connectivity index (χ3v) is 7.56. The summed E-state index contributed by atoms with van der Waals surface area (Å²) >= 11 is 0. The van der Waals surface area contributed by atoms with Crippen molar-refractivity contribution < 1.29 is 0 Å². The van der Waals surface area contributed by atoms with Crippen molar-refractivity contribution in [2.24, 2.45) is 11.8 Å². The molecule has 0 radical (unpaired) electrons. The molecule has 1 saturated carbocycles. The Morgan fingerprint density at radius 1 is 0.704 bits per heavy atom. The molecule has 0 bridgehead atoms. The molecule has 0 saturated heterocycles. The van der Waals surface area contributed by atoms with Crippen molar-refractivity contribution >= 4 is 0 Å². The Balaban J connectivity index is 1.46. The first-order valence-electron chi connectivity index (χ1n) is 12.4. The van der Waals surface area contributed by atoms with E-state index in [-0.39, 0.29) is 0 Å². The Morgan fingerprint density at radius 3 is 2.19 bits per heavy atom. The average molecular weight is 369 g/mol. The summed E-state index contributed by atoms with van der Waals surface area (Å²) in [5, 5.41) is 0. The van der Waals surface area contributed by atoms with Gasteiger partial charge in [0.15, 0.2) is 0 Å². The maximum absolute atomic E-state index is 2.61. The summed E-state index contributed by atoms with van der Waals surface area (Å²) in [5.41, 5.74) is 5.04. The van der Waals surface area contributed by atoms with Crippen LogP contribution in [0.2, 0.25) is 0 Å². The van der Waals surface area contributed by atoms with Crippen LogP contribution in [0.4, 0.5) is 0 Å². The van der Waals surface area contributed by atoms with Crippen molar-refractivity contribution in [2.75, 3.05) is 0 Å². The number of fused-ring (bicyclic) bond motifs is 1. The monoisotopic (exact) mass is 368 g/mol. The Labute approximate surface area is 169 Å². The summed E-state index contributed by atoms with van der Waals surface area (Å²) in [7, 11) is 0. The lowest BCUT2D eigenvalue weighted by Crippen LogP contribution is -2.16. The summed E-state index contributed by atoms with van der Waals surface area (Å²) < 4.78 is 0. The molecular formula is C27H44. The molecule has 152 valence electrons. The molecule has 3 rings (SSSR count). The van der Waals surface area contributed by atoms with Gasteiger partial charge in [0.05, 0.1) is 0 Å². The highest BCUT2D eigenvalue weighted by molar-refractivity contribution is 5.36. The summed E-state index contributed by atoms with van der Waals surface area (Å²) in [6.07, 6.45) is 22.9. The third-order valence-electron chi connectivity index (χ3n) is 7.56. The predicted molar refractivity (Wildman–Crippen MR) is 120 cm³/mol. The highest BCUT2D eigenvalue weighted by Crippen LogP contribution is 2.39. The molecule has 1 aromatic carbocycles. The van der Waals surface area contributed by atoms with Gasteiger partial charge in [-0.1, -0.05) is 89.8 Å². The molecule has 2 aliphatic carbocycles. The van der Waals surface area contributed by atoms with Gasteiger partial charge in [-0.25, -0.2) is 0 Å². The lowest BCUT2D eigenvalue weighted by Gasteiger charge is -2.30. The van der Waals surface area contributed by atoms with Gasteiger partial charge in [0.2, 0.25) is 0 Å². The van der Waals surface area contributed by atoms with Crippen molar-refractivity contribution in [3.05, 3.63) is 34.9 Å². The van der Waals surface area contributed by atoms with Crippen molar-refractivity contribution in [1.29, 1.82) is 0 Å². The maximum atomic E-state index is 2.61. The molecule has 2 aliphatic rings. The smallest absolute Gasteiger partial charge is 0.0162 e. The average Bonchev–Trinajstić information content (AvgIpc) is 2.71. The fourth-order valence-electron chi connectivity index (χ4n) is 5.68. The van der Waals surface area contributed by atoms with Crippen LogP contribution >= 0.6 is 0 Å². The molecule has 1 atom stereocenters. The van der Waals surface area contributed by atoms with Crippen LogP contribution in [0.3, 0.4) is 0 Å². The van der Waals surface area contributed by atoms with Gasteiger partial charge < -0.3 is 0 Å². The van der Waals surface area contributed by atoms with Gasteiger partial charge in [-0.05, 0) is 79.4 Å². The first-order valence-corrected chi connectivity index (χ1v) is 12.4. The molecule has 0 aromatic heterocycles. The van der Waals surface area contributed by atoms with Gasteiger partial charge in [0.25, 0.3) is 0 Å². The molecule has 0 heteroatoms. The van der Waals surface area contributed by atoms with Crippen LogP contribution in [0.1, 0.15) is 126 Å². The molecular weight excluding hydrogens is 324 g/mol. The fourth-order valence-corrected chi connectivity index (χ4v) is 5.68. The SMILES string of the molecule is CCCCCCC1CCC(c2ccc3c(c2)CCC(CCCCC)C3)CC1. The topological polar surface area (TPSA) is 0 Å². The zero-order valence-corrected chi connectivity index (χ0v) is 18.3. The second kappa shape index (κ2) is 11.3. The Hall–Kier alpha value is -0.780. The minimum absolute atomic E-state index is 0.851. The molecule has 0 N–H and O–H groups in total. The zero-order chi connectivity index (χ0) is 18.9. The van der Waals surface area contributed by atoms with Crippen LogP contribution in [0.15, 0.2) is 18.2 Å². The third kappa shape index (κ3) is 6.37. The number of aryl methyl sites for hydroxylation is 1. The largest absolute Gasteiger partial charge is 0.0654 e. The highest BCUT2D eigenvalue weighted by Gasteiger charge is 2.24. The lowest BCUT2D eigenvalue weighted by atomic mass is 9.75. The van der Waals surface area contributed by atoms with Crippen molar-refractivity contribution in [3.63, 3.8) is 0 Å². The van der Waals surface area contributed by atoms with E-state index in [1.165, 1.54) is 103 Å². The lowest BCUT2D eigenvalue weighted by molar-refractivity contribution is 0.302. The number of rotatable bonds is 10. The molecule has 1 fully saturated rings. The first kappa shape index (κ1) is 20.9. The van der Waals surface area contributed by atoms with Gasteiger partial charge in [-0.3, -0.25) is 0 Å². The number of benzene rings is 1. The molecule has 0 heterocycles. The van der Waals surface area contributed by atoms with Crippen LogP contribution in [-0.2, 0) is 12.8 Å². The van der Waals surface area contributed by atoms with Gasteiger partial charge in [-0.2, -0.15) is 0 Å². The van der Waals surface area contributed by atoms with E-state index in [9.17, 15) is 0 Å². The summed E-state index contributed by atoms with van der Waals surface area (Å²) in [6, 6.07) is 7.62. The molecule has 0 amide bonds. The Morgan fingerprint density at radius 2 is 1.41 bits per heavy atom. The molecule has 0 spiro atoms. The normalized spacial score (nSPS) is 25.3. The van der Waals surface area contributed by atoms with Crippen LogP contribution in [-0.4, -0.2) is 0 Å². The van der Waals surface area contributed by atoms with E-state index >= 15 is 0 Å². The van der Waals surface area contributed by atoms with Gasteiger partial charge >= 0.3 is 0 Å². The molecule has 27 heavy (non-hydrogen) atoms. The molecule has 1 unspecified atom stereocenters. The van der Waals surface area contributed by atoms with E-state index in [0.29, 0.717) is 0 Å². The highest BCUT2D eigenvalue weighted by atomic mass is 14.3. The summed E-state index contributed by atoms with van der Waals surface area (Å²) in [4.78, 5) is 0. The second-order valence-corrected chi connectivity index (χ2v) is 9.70. The zero-order valence-electron chi connectivity index (χ0n) is 18.3. The fraction of sp³-hybridized carbons (Fsp3) is 0.778. The van der Waals surface area contributed by atoms with Crippen LogP contribution in [0.25, 0.3) is 0 Å². The molecule has 1 aromatic rings. The van der Waals surface area contributed by atoms with Crippen LogP contribution in [0, 0.1) is 11.8 Å². The van der Waals surface area contributed by atoms with E-state index in [2.05, 4.69) is 32.0 Å². The van der Waals surface area contributed by atoms with Crippen molar-refractivity contribution in [3.8, 4) is 0 Å². The quantitative estimate of drug-likeness (QED) is 0.362. The van der Waals surface area contributed by atoms with Crippen LogP contribution < -0.4 is 0 Å².